The first-order valence-corrected chi connectivity index (χ1v) is 9.11. The summed E-state index contributed by atoms with van der Waals surface area (Å²) in [5.74, 6) is 0. The smallest absolute Gasteiger partial charge is 0.0282 e. The van der Waals surface area contributed by atoms with Gasteiger partial charge in [-0.2, -0.15) is 0 Å². The predicted molar refractivity (Wildman–Crippen MR) is 103 cm³/mol. The minimum Gasteiger partial charge on any atom is -0.0839 e. The Bertz CT molecular complexity index is 161. The maximum absolute atomic E-state index is 2.27. The maximum atomic E-state index is 2.27. The number of hydrogen-bond acceptors (Lipinski definition) is 0. The highest BCUT2D eigenvalue weighted by Gasteiger charge is 1.99. The van der Waals surface area contributed by atoms with E-state index in [1.165, 1.54) is 25.7 Å². The Morgan fingerprint density at radius 2 is 1.15 bits per heavy atom. The Morgan fingerprint density at radius 1 is 0.800 bits per heavy atom. The van der Waals surface area contributed by atoms with Crippen molar-refractivity contribution in [3.63, 3.8) is 0 Å². The van der Waals surface area contributed by atoms with E-state index < -0.39 is 0 Å². The molecule has 0 amide bonds. The van der Waals surface area contributed by atoms with Crippen molar-refractivity contribution in [2.75, 3.05) is 0 Å². The average molecular weight is 287 g/mol. The van der Waals surface area contributed by atoms with Gasteiger partial charge in [0, 0.05) is 0 Å². The van der Waals surface area contributed by atoms with Crippen LogP contribution in [0.2, 0.25) is 0 Å². The fourth-order valence-corrected chi connectivity index (χ4v) is 1.25. The van der Waals surface area contributed by atoms with Gasteiger partial charge in [-0.1, -0.05) is 100 Å². The highest BCUT2D eigenvalue weighted by Crippen LogP contribution is 2.19. The molecule has 0 N–H and O–H groups in total. The molecule has 0 aromatic carbocycles. The summed E-state index contributed by atoms with van der Waals surface area (Å²) in [6, 6.07) is 0. The predicted octanol–water partition coefficient (Wildman–Crippen LogP) is 8.58. The molecule has 1 aliphatic rings. The molecule has 0 aromatic heterocycles. The molecule has 0 nitrogen and oxygen atoms in total. The monoisotopic (exact) mass is 286 g/mol. The molecule has 0 atom stereocenters. The van der Waals surface area contributed by atoms with E-state index in [0.29, 0.717) is 0 Å². The quantitative estimate of drug-likeness (QED) is 0.452. The van der Waals surface area contributed by atoms with Gasteiger partial charge < -0.3 is 0 Å². The summed E-state index contributed by atoms with van der Waals surface area (Å²) in [7, 11) is 0. The summed E-state index contributed by atoms with van der Waals surface area (Å²) in [4.78, 5) is 0. The third-order valence-electron chi connectivity index (χ3n) is 1.93. The lowest BCUT2D eigenvalue weighted by atomic mass is 9.97. The maximum Gasteiger partial charge on any atom is -0.0282 e. The second-order valence-electron chi connectivity index (χ2n) is 3.31. The van der Waals surface area contributed by atoms with Crippen molar-refractivity contribution in [2.45, 2.75) is 109 Å². The summed E-state index contributed by atoms with van der Waals surface area (Å²) in [5.41, 5.74) is 3.13. The summed E-state index contributed by atoms with van der Waals surface area (Å²) in [6.07, 6.45) is 9.50. The van der Waals surface area contributed by atoms with Gasteiger partial charge in [-0.3, -0.25) is 0 Å². The average Bonchev–Trinajstić information content (AvgIpc) is 2.56. The van der Waals surface area contributed by atoms with Crippen LogP contribution in [0.25, 0.3) is 0 Å². The molecule has 0 fully saturated rings. The lowest BCUT2D eigenvalue weighted by Gasteiger charge is -2.09. The summed E-state index contributed by atoms with van der Waals surface area (Å²) in [5, 5.41) is 0. The van der Waals surface area contributed by atoms with Crippen molar-refractivity contribution in [1.82, 2.24) is 0 Å². The Kier molecular flexibility index (Phi) is 68.0. The van der Waals surface area contributed by atoms with Crippen molar-refractivity contribution in [2.24, 2.45) is 0 Å². The molecule has 1 rings (SSSR count). The van der Waals surface area contributed by atoms with Gasteiger partial charge in [0.15, 0.2) is 0 Å². The van der Waals surface area contributed by atoms with E-state index in [1.807, 2.05) is 55.4 Å². The van der Waals surface area contributed by atoms with E-state index in [-0.39, 0.29) is 0 Å². The standard InChI is InChI=1S/C9H14.C3H8.4C2H6/c1-3-9-7-5-4-6-8(9)2;1-3-2;4*1-2/h5,7H,3-4,6H2,1-2H3;3H2,1-2H3;4*1-2H3. The third-order valence-corrected chi connectivity index (χ3v) is 1.93. The Labute approximate surface area is 132 Å². The third kappa shape index (κ3) is 30.5. The molecule has 0 heterocycles. The van der Waals surface area contributed by atoms with Gasteiger partial charge in [0.2, 0.25) is 0 Å². The van der Waals surface area contributed by atoms with Crippen LogP contribution >= 0.6 is 0 Å². The van der Waals surface area contributed by atoms with E-state index in [9.17, 15) is 0 Å². The summed E-state index contributed by atoms with van der Waals surface area (Å²) >= 11 is 0. The summed E-state index contributed by atoms with van der Waals surface area (Å²) in [6.45, 7) is 24.7. The zero-order chi connectivity index (χ0) is 17.4. The Hall–Kier alpha value is -0.520. The number of allylic oxidation sites excluding steroid dienone is 4. The van der Waals surface area contributed by atoms with E-state index in [4.69, 9.17) is 0 Å². The molecule has 0 aliphatic heterocycles. The first-order valence-electron chi connectivity index (χ1n) is 9.11. The lowest BCUT2D eigenvalue weighted by Crippen LogP contribution is -1.89. The van der Waals surface area contributed by atoms with Gasteiger partial charge in [0.25, 0.3) is 0 Å². The number of rotatable bonds is 1. The largest absolute Gasteiger partial charge is 0.0839 e. The molecule has 0 radical (unpaired) electrons. The minimum absolute atomic E-state index is 1.20. The SMILES string of the molecule is CC.CC.CC.CC.CCC.CCC1=C(C)CCC=C1. The van der Waals surface area contributed by atoms with Gasteiger partial charge in [-0.05, 0) is 31.8 Å². The van der Waals surface area contributed by atoms with Crippen molar-refractivity contribution >= 4 is 0 Å². The topological polar surface area (TPSA) is 0 Å². The lowest BCUT2D eigenvalue weighted by molar-refractivity contribution is 0.913. The van der Waals surface area contributed by atoms with Gasteiger partial charge in [0.1, 0.15) is 0 Å². The minimum atomic E-state index is 1.20. The Morgan fingerprint density at radius 3 is 1.35 bits per heavy atom. The molecule has 0 aromatic rings. The normalized spacial score (nSPS) is 10.6. The molecule has 0 saturated carbocycles. The molecule has 126 valence electrons. The van der Waals surface area contributed by atoms with Crippen molar-refractivity contribution in [3.05, 3.63) is 23.3 Å². The van der Waals surface area contributed by atoms with Gasteiger partial charge in [-0.25, -0.2) is 0 Å². The fourth-order valence-electron chi connectivity index (χ4n) is 1.25. The van der Waals surface area contributed by atoms with Crippen LogP contribution in [0, 0.1) is 0 Å². The molecule has 0 unspecified atom stereocenters. The van der Waals surface area contributed by atoms with Gasteiger partial charge in [0.05, 0.1) is 0 Å². The molecule has 0 spiro atoms. The van der Waals surface area contributed by atoms with E-state index in [0.717, 1.165) is 0 Å². The Balaban J connectivity index is -0.0000000579. The molecule has 0 bridgehead atoms. The first-order chi connectivity index (χ1) is 9.76. The van der Waals surface area contributed by atoms with Gasteiger partial charge >= 0.3 is 0 Å². The molecular weight excluding hydrogens is 240 g/mol. The zero-order valence-corrected chi connectivity index (χ0v) is 17.0. The fraction of sp³-hybridized carbons (Fsp3) is 0.800. The molecule has 20 heavy (non-hydrogen) atoms. The summed E-state index contributed by atoms with van der Waals surface area (Å²) < 4.78 is 0. The second kappa shape index (κ2) is 42.8. The van der Waals surface area contributed by atoms with Crippen molar-refractivity contribution in [1.29, 1.82) is 0 Å². The van der Waals surface area contributed by atoms with Crippen LogP contribution in [0.1, 0.15) is 109 Å². The zero-order valence-electron chi connectivity index (χ0n) is 17.0. The highest BCUT2D eigenvalue weighted by atomic mass is 14.1. The van der Waals surface area contributed by atoms with E-state index in [1.54, 1.807) is 11.1 Å². The van der Waals surface area contributed by atoms with Crippen LogP contribution in [-0.2, 0) is 0 Å². The second-order valence-corrected chi connectivity index (χ2v) is 3.31. The number of hydrogen-bond donors (Lipinski definition) is 0. The van der Waals surface area contributed by atoms with Gasteiger partial charge in [-0.15, -0.1) is 0 Å². The first kappa shape index (κ1) is 31.7. The van der Waals surface area contributed by atoms with Crippen LogP contribution in [0.15, 0.2) is 23.3 Å². The highest BCUT2D eigenvalue weighted by molar-refractivity contribution is 5.27. The molecular formula is C20H46. The van der Waals surface area contributed by atoms with Crippen LogP contribution in [0.5, 0.6) is 0 Å². The van der Waals surface area contributed by atoms with E-state index >= 15 is 0 Å². The van der Waals surface area contributed by atoms with Crippen LogP contribution in [0.4, 0.5) is 0 Å². The van der Waals surface area contributed by atoms with Crippen molar-refractivity contribution < 1.29 is 0 Å². The molecule has 0 heteroatoms. The van der Waals surface area contributed by atoms with E-state index in [2.05, 4.69) is 39.8 Å². The molecule has 0 saturated heterocycles. The van der Waals surface area contributed by atoms with Crippen LogP contribution < -0.4 is 0 Å². The molecule has 1 aliphatic carbocycles. The van der Waals surface area contributed by atoms with Crippen LogP contribution in [-0.4, -0.2) is 0 Å². The van der Waals surface area contributed by atoms with Crippen molar-refractivity contribution in [3.8, 4) is 0 Å². The van der Waals surface area contributed by atoms with Crippen LogP contribution in [0.3, 0.4) is 0 Å².